The molecule has 0 atom stereocenters. The van der Waals surface area contributed by atoms with Crippen molar-refractivity contribution in [3.8, 4) is 5.75 Å². The number of Topliss-reactive ketones (excluding diaryl/α,β-unsaturated/α-hetero) is 1. The molecule has 1 aromatic carbocycles. The van der Waals surface area contributed by atoms with Crippen LogP contribution in [-0.4, -0.2) is 44.4 Å². The number of nitrogens with one attached hydrogen (secondary N) is 1. The maximum atomic E-state index is 12.8. The summed E-state index contributed by atoms with van der Waals surface area (Å²) >= 11 is 0. The van der Waals surface area contributed by atoms with Gasteiger partial charge in [0, 0.05) is 25.9 Å². The lowest BCUT2D eigenvalue weighted by Crippen LogP contribution is -2.51. The standard InChI is InChI=1S/C20H21N5O2/c1-12-7-13(2)17-14(8-12)15(26)9-20(27-17)3-5-25(6-4-20)19-16-18(22-10-21-16)23-11-24-19/h7-8,10-11H,3-6,9H2,1-2H3,(H,21,22,23,24). The molecule has 0 saturated carbocycles. The van der Waals surface area contributed by atoms with Crippen LogP contribution in [0.25, 0.3) is 11.2 Å². The molecule has 1 saturated heterocycles. The van der Waals surface area contributed by atoms with E-state index in [9.17, 15) is 4.79 Å². The van der Waals surface area contributed by atoms with Gasteiger partial charge in [0.2, 0.25) is 0 Å². The molecule has 1 spiro atoms. The number of fused-ring (bicyclic) bond motifs is 2. The molecule has 2 aromatic heterocycles. The molecular weight excluding hydrogens is 342 g/mol. The highest BCUT2D eigenvalue weighted by Crippen LogP contribution is 2.42. The molecule has 0 amide bonds. The van der Waals surface area contributed by atoms with Gasteiger partial charge in [0.1, 0.15) is 23.2 Å². The SMILES string of the molecule is Cc1cc(C)c2c(c1)C(=O)CC1(CCN(c3ncnc4nc[nH]c34)CC1)O2. The van der Waals surface area contributed by atoms with Gasteiger partial charge in [0.25, 0.3) is 0 Å². The third-order valence-corrected chi connectivity index (χ3v) is 5.70. The van der Waals surface area contributed by atoms with Crippen LogP contribution >= 0.6 is 0 Å². The van der Waals surface area contributed by atoms with E-state index in [0.29, 0.717) is 12.1 Å². The fourth-order valence-corrected chi connectivity index (χ4v) is 4.33. The molecule has 27 heavy (non-hydrogen) atoms. The number of aromatic amines is 1. The minimum atomic E-state index is -0.416. The Labute approximate surface area is 156 Å². The summed E-state index contributed by atoms with van der Waals surface area (Å²) in [5, 5.41) is 0. The van der Waals surface area contributed by atoms with Crippen LogP contribution in [0.5, 0.6) is 5.75 Å². The van der Waals surface area contributed by atoms with E-state index in [2.05, 4.69) is 30.9 Å². The predicted molar refractivity (Wildman–Crippen MR) is 101 cm³/mol. The lowest BCUT2D eigenvalue weighted by molar-refractivity contribution is 0.0225. The molecule has 138 valence electrons. The smallest absolute Gasteiger partial charge is 0.182 e. The zero-order valence-electron chi connectivity index (χ0n) is 15.5. The van der Waals surface area contributed by atoms with Crippen molar-refractivity contribution in [2.75, 3.05) is 18.0 Å². The van der Waals surface area contributed by atoms with Crippen molar-refractivity contribution in [2.45, 2.75) is 38.7 Å². The van der Waals surface area contributed by atoms with Gasteiger partial charge < -0.3 is 14.6 Å². The van der Waals surface area contributed by atoms with E-state index in [1.165, 1.54) is 0 Å². The van der Waals surface area contributed by atoms with Gasteiger partial charge in [-0.1, -0.05) is 6.07 Å². The second-order valence-corrected chi connectivity index (χ2v) is 7.63. The number of piperidine rings is 1. The largest absolute Gasteiger partial charge is 0.486 e. The molecule has 0 bridgehead atoms. The van der Waals surface area contributed by atoms with Gasteiger partial charge in [-0.25, -0.2) is 15.0 Å². The number of hydrogen-bond acceptors (Lipinski definition) is 6. The van der Waals surface area contributed by atoms with Crippen LogP contribution in [0.15, 0.2) is 24.8 Å². The molecule has 1 fully saturated rings. The number of carbonyl (C=O) groups excluding carboxylic acids is 1. The van der Waals surface area contributed by atoms with Gasteiger partial charge in [-0.15, -0.1) is 0 Å². The first-order valence-electron chi connectivity index (χ1n) is 9.27. The average molecular weight is 363 g/mol. The minimum absolute atomic E-state index is 0.189. The number of ketones is 1. The van der Waals surface area contributed by atoms with Crippen LogP contribution in [-0.2, 0) is 0 Å². The van der Waals surface area contributed by atoms with Gasteiger partial charge in [-0.2, -0.15) is 0 Å². The normalized spacial score (nSPS) is 18.6. The summed E-state index contributed by atoms with van der Waals surface area (Å²) in [5.41, 5.74) is 3.97. The predicted octanol–water partition coefficient (Wildman–Crippen LogP) is 2.97. The molecule has 7 heteroatoms. The maximum absolute atomic E-state index is 12.8. The highest BCUT2D eigenvalue weighted by atomic mass is 16.5. The number of H-pyrrole nitrogens is 1. The van der Waals surface area contributed by atoms with Gasteiger partial charge >= 0.3 is 0 Å². The van der Waals surface area contributed by atoms with E-state index < -0.39 is 5.60 Å². The number of ether oxygens (including phenoxy) is 1. The van der Waals surface area contributed by atoms with Crippen molar-refractivity contribution in [1.29, 1.82) is 0 Å². The third kappa shape index (κ3) is 2.57. The fourth-order valence-electron chi connectivity index (χ4n) is 4.33. The van der Waals surface area contributed by atoms with E-state index in [1.54, 1.807) is 12.7 Å². The molecular formula is C20H21N5O2. The van der Waals surface area contributed by atoms with E-state index in [1.807, 2.05) is 19.9 Å². The van der Waals surface area contributed by atoms with Crippen molar-refractivity contribution in [3.63, 3.8) is 0 Å². The minimum Gasteiger partial charge on any atom is -0.486 e. The van der Waals surface area contributed by atoms with Crippen LogP contribution in [0.3, 0.4) is 0 Å². The monoisotopic (exact) mass is 363 g/mol. The lowest BCUT2D eigenvalue weighted by atomic mass is 9.81. The Morgan fingerprint density at radius 1 is 1.15 bits per heavy atom. The van der Waals surface area contributed by atoms with Crippen molar-refractivity contribution in [1.82, 2.24) is 19.9 Å². The lowest BCUT2D eigenvalue weighted by Gasteiger charge is -2.44. The Hall–Kier alpha value is -2.96. The second-order valence-electron chi connectivity index (χ2n) is 7.63. The Kier molecular flexibility index (Phi) is 3.47. The van der Waals surface area contributed by atoms with Gasteiger partial charge in [0.05, 0.1) is 18.3 Å². The first-order chi connectivity index (χ1) is 13.0. The summed E-state index contributed by atoms with van der Waals surface area (Å²) in [5.74, 6) is 1.82. The number of aromatic nitrogens is 4. The Morgan fingerprint density at radius 3 is 2.78 bits per heavy atom. The fraction of sp³-hybridized carbons (Fsp3) is 0.400. The zero-order valence-corrected chi connectivity index (χ0v) is 15.5. The van der Waals surface area contributed by atoms with Crippen LogP contribution < -0.4 is 9.64 Å². The molecule has 0 radical (unpaired) electrons. The van der Waals surface area contributed by atoms with Crippen LogP contribution in [0.1, 0.15) is 40.7 Å². The summed E-state index contributed by atoms with van der Waals surface area (Å²) < 4.78 is 6.47. The van der Waals surface area contributed by atoms with Crippen molar-refractivity contribution < 1.29 is 9.53 Å². The molecule has 3 aromatic rings. The van der Waals surface area contributed by atoms with Gasteiger partial charge in [-0.3, -0.25) is 4.79 Å². The van der Waals surface area contributed by atoms with Crippen LogP contribution in [0.2, 0.25) is 0 Å². The Balaban J connectivity index is 1.42. The molecule has 1 N–H and O–H groups in total. The van der Waals surface area contributed by atoms with Crippen molar-refractivity contribution in [3.05, 3.63) is 41.5 Å². The molecule has 4 heterocycles. The zero-order chi connectivity index (χ0) is 18.6. The molecule has 7 nitrogen and oxygen atoms in total. The van der Waals surface area contributed by atoms with Crippen molar-refractivity contribution in [2.24, 2.45) is 0 Å². The second kappa shape index (κ2) is 5.77. The van der Waals surface area contributed by atoms with Crippen LogP contribution in [0, 0.1) is 13.8 Å². The summed E-state index contributed by atoms with van der Waals surface area (Å²) in [6, 6.07) is 4.03. The number of carbonyl (C=O) groups is 1. The number of hydrogen-bond donors (Lipinski definition) is 1. The molecule has 2 aliphatic rings. The maximum Gasteiger partial charge on any atom is 0.182 e. The summed E-state index contributed by atoms with van der Waals surface area (Å²) in [7, 11) is 0. The highest BCUT2D eigenvalue weighted by Gasteiger charge is 2.43. The van der Waals surface area contributed by atoms with E-state index in [-0.39, 0.29) is 5.78 Å². The molecule has 0 unspecified atom stereocenters. The highest BCUT2D eigenvalue weighted by molar-refractivity contribution is 6.01. The summed E-state index contributed by atoms with van der Waals surface area (Å²) in [6.07, 6.45) is 5.20. The number of aryl methyl sites for hydroxylation is 2. The van der Waals surface area contributed by atoms with Gasteiger partial charge in [-0.05, 0) is 31.0 Å². The number of imidazole rings is 1. The quantitative estimate of drug-likeness (QED) is 0.716. The Morgan fingerprint density at radius 2 is 1.96 bits per heavy atom. The Bertz CT molecular complexity index is 1050. The number of nitrogens with zero attached hydrogens (tertiary/aromatic N) is 4. The summed E-state index contributed by atoms with van der Waals surface area (Å²) in [6.45, 7) is 5.59. The van der Waals surface area contributed by atoms with Crippen LogP contribution in [0.4, 0.5) is 5.82 Å². The van der Waals surface area contributed by atoms with E-state index in [4.69, 9.17) is 4.74 Å². The number of anilines is 1. The average Bonchev–Trinajstić information content (AvgIpc) is 3.13. The van der Waals surface area contributed by atoms with E-state index in [0.717, 1.165) is 59.7 Å². The number of rotatable bonds is 1. The molecule has 2 aliphatic heterocycles. The summed E-state index contributed by atoms with van der Waals surface area (Å²) in [4.78, 5) is 31.0. The molecule has 5 rings (SSSR count). The van der Waals surface area contributed by atoms with Gasteiger partial charge in [0.15, 0.2) is 17.2 Å². The first kappa shape index (κ1) is 16.2. The molecule has 0 aliphatic carbocycles. The third-order valence-electron chi connectivity index (χ3n) is 5.70. The topological polar surface area (TPSA) is 84.0 Å². The first-order valence-corrected chi connectivity index (χ1v) is 9.27. The number of benzene rings is 1. The van der Waals surface area contributed by atoms with E-state index >= 15 is 0 Å². The van der Waals surface area contributed by atoms with Crippen molar-refractivity contribution >= 4 is 22.8 Å².